The number of piperidine rings is 1. The van der Waals surface area contributed by atoms with Crippen molar-refractivity contribution in [3.05, 3.63) is 19.2 Å². The van der Waals surface area contributed by atoms with E-state index in [0.717, 1.165) is 39.1 Å². The topological polar surface area (TPSA) is 46.3 Å². The summed E-state index contributed by atoms with van der Waals surface area (Å²) in [5.41, 5.74) is 6.37. The number of hydrogen-bond donors (Lipinski definition) is 1. The molecule has 3 nitrogen and oxygen atoms in total. The zero-order valence-corrected chi connectivity index (χ0v) is 15.2. The summed E-state index contributed by atoms with van der Waals surface area (Å²) in [6, 6.07) is 1.89. The lowest BCUT2D eigenvalue weighted by Crippen LogP contribution is -2.40. The molecule has 0 radical (unpaired) electrons. The minimum Gasteiger partial charge on any atom is -0.338 e. The van der Waals surface area contributed by atoms with Gasteiger partial charge in [0.05, 0.1) is 13.1 Å². The Hall–Kier alpha value is 0.380. The highest BCUT2D eigenvalue weighted by molar-refractivity contribution is 9.12. The number of nitrogens with two attached hydrogens (primary N) is 1. The van der Waals surface area contributed by atoms with E-state index in [1.54, 1.807) is 0 Å². The van der Waals surface area contributed by atoms with Crippen molar-refractivity contribution in [1.82, 2.24) is 4.90 Å². The highest BCUT2D eigenvalue weighted by Crippen LogP contribution is 2.33. The average molecular weight is 433 g/mol. The Morgan fingerprint density at radius 3 is 2.84 bits per heavy atom. The number of carbonyl (C=O) groups excluding carboxylic acids is 1. The summed E-state index contributed by atoms with van der Waals surface area (Å²) < 4.78 is 1.88. The second-order valence-corrected chi connectivity index (χ2v) is 8.32. The van der Waals surface area contributed by atoms with Crippen molar-refractivity contribution in [1.29, 1.82) is 0 Å². The summed E-state index contributed by atoms with van der Waals surface area (Å²) in [5, 5.41) is 0. The smallest absolute Gasteiger partial charge is 0.255 e. The van der Waals surface area contributed by atoms with Crippen molar-refractivity contribution in [3.63, 3.8) is 0 Å². The number of hydrogen-bond acceptors (Lipinski definition) is 3. The molecule has 1 atom stereocenters. The molecule has 7 heteroatoms. The van der Waals surface area contributed by atoms with Crippen LogP contribution in [0.4, 0.5) is 0 Å². The Labute approximate surface area is 140 Å². The number of rotatable bonds is 3. The zero-order chi connectivity index (χ0) is 13.1. The van der Waals surface area contributed by atoms with Gasteiger partial charge in [0, 0.05) is 13.1 Å². The summed E-state index contributed by atoms with van der Waals surface area (Å²) in [6.45, 7) is 2.41. The van der Waals surface area contributed by atoms with Crippen LogP contribution in [0, 0.1) is 5.92 Å². The molecular formula is C12H17Br2ClN2OS. The van der Waals surface area contributed by atoms with Gasteiger partial charge < -0.3 is 10.6 Å². The lowest BCUT2D eigenvalue weighted by atomic mass is 9.94. The molecule has 1 amide bonds. The van der Waals surface area contributed by atoms with Gasteiger partial charge in [0.1, 0.15) is 0 Å². The Morgan fingerprint density at radius 1 is 1.53 bits per heavy atom. The standard InChI is InChI=1S/C12H16Br2N2OS.ClH/c13-10-6-9(11(14)18-10)12(17)16-5-1-2-8(7-16)3-4-15;/h6,8H,1-5,7,15H2;1H. The summed E-state index contributed by atoms with van der Waals surface area (Å²) in [7, 11) is 0. The van der Waals surface area contributed by atoms with Gasteiger partial charge in [0.2, 0.25) is 0 Å². The molecule has 1 aromatic rings. The minimum absolute atomic E-state index is 0. The van der Waals surface area contributed by atoms with Gasteiger partial charge in [-0.1, -0.05) is 0 Å². The first-order chi connectivity index (χ1) is 8.61. The summed E-state index contributed by atoms with van der Waals surface area (Å²) in [4.78, 5) is 14.4. The van der Waals surface area contributed by atoms with E-state index in [2.05, 4.69) is 31.9 Å². The van der Waals surface area contributed by atoms with E-state index in [9.17, 15) is 4.79 Å². The van der Waals surface area contributed by atoms with E-state index in [4.69, 9.17) is 5.73 Å². The van der Waals surface area contributed by atoms with Gasteiger partial charge in [0.25, 0.3) is 5.91 Å². The third kappa shape index (κ3) is 4.43. The van der Waals surface area contributed by atoms with E-state index in [-0.39, 0.29) is 18.3 Å². The molecule has 1 saturated heterocycles. The number of thiophene rings is 1. The van der Waals surface area contributed by atoms with Gasteiger partial charge in [-0.05, 0) is 69.7 Å². The van der Waals surface area contributed by atoms with Crippen LogP contribution in [0.1, 0.15) is 29.6 Å². The molecular weight excluding hydrogens is 415 g/mol. The van der Waals surface area contributed by atoms with Gasteiger partial charge in [-0.2, -0.15) is 0 Å². The first-order valence-electron chi connectivity index (χ1n) is 6.06. The number of likely N-dealkylation sites (tertiary alicyclic amines) is 1. The predicted molar refractivity (Wildman–Crippen MR) is 89.3 cm³/mol. The van der Waals surface area contributed by atoms with Crippen LogP contribution in [0.25, 0.3) is 0 Å². The SMILES string of the molecule is Cl.NCCC1CCCN(C(=O)c2cc(Br)sc2Br)C1. The van der Waals surface area contributed by atoms with Crippen LogP contribution in [0.15, 0.2) is 13.6 Å². The van der Waals surface area contributed by atoms with Gasteiger partial charge >= 0.3 is 0 Å². The van der Waals surface area contributed by atoms with Gasteiger partial charge in [-0.25, -0.2) is 0 Å². The lowest BCUT2D eigenvalue weighted by Gasteiger charge is -2.32. The van der Waals surface area contributed by atoms with Crippen LogP contribution in [0.5, 0.6) is 0 Å². The van der Waals surface area contributed by atoms with Crippen LogP contribution < -0.4 is 5.73 Å². The minimum atomic E-state index is 0. The Kier molecular flexibility index (Phi) is 7.32. The molecule has 1 unspecified atom stereocenters. The Morgan fingerprint density at radius 2 is 2.26 bits per heavy atom. The van der Waals surface area contributed by atoms with Crippen molar-refractivity contribution in [3.8, 4) is 0 Å². The van der Waals surface area contributed by atoms with Crippen molar-refractivity contribution in [2.45, 2.75) is 19.3 Å². The van der Waals surface area contributed by atoms with Crippen LogP contribution in [0.2, 0.25) is 0 Å². The van der Waals surface area contributed by atoms with Crippen molar-refractivity contribution in [2.24, 2.45) is 11.7 Å². The van der Waals surface area contributed by atoms with Crippen LogP contribution in [0.3, 0.4) is 0 Å². The fourth-order valence-electron chi connectivity index (χ4n) is 2.38. The second kappa shape index (κ2) is 7.98. The molecule has 0 aliphatic carbocycles. The van der Waals surface area contributed by atoms with E-state index in [0.29, 0.717) is 12.5 Å². The van der Waals surface area contributed by atoms with E-state index >= 15 is 0 Å². The number of nitrogens with zero attached hydrogens (tertiary/aromatic N) is 1. The molecule has 0 spiro atoms. The Bertz CT molecular complexity index is 439. The quantitative estimate of drug-likeness (QED) is 0.788. The third-order valence-corrected chi connectivity index (χ3v) is 5.61. The molecule has 19 heavy (non-hydrogen) atoms. The van der Waals surface area contributed by atoms with Gasteiger partial charge in [-0.3, -0.25) is 4.79 Å². The summed E-state index contributed by atoms with van der Waals surface area (Å²) in [5.74, 6) is 0.694. The average Bonchev–Trinajstić information content (AvgIpc) is 2.68. The van der Waals surface area contributed by atoms with Crippen LogP contribution >= 0.6 is 55.6 Å². The van der Waals surface area contributed by atoms with Crippen molar-refractivity contribution in [2.75, 3.05) is 19.6 Å². The van der Waals surface area contributed by atoms with Gasteiger partial charge in [0.15, 0.2) is 0 Å². The number of carbonyl (C=O) groups is 1. The normalized spacial score (nSPS) is 19.1. The number of amides is 1. The molecule has 1 fully saturated rings. The van der Waals surface area contributed by atoms with Crippen molar-refractivity contribution < 1.29 is 4.79 Å². The maximum absolute atomic E-state index is 12.4. The van der Waals surface area contributed by atoms with Crippen molar-refractivity contribution >= 4 is 61.5 Å². The van der Waals surface area contributed by atoms with E-state index in [1.807, 2.05) is 11.0 Å². The molecule has 1 aliphatic rings. The zero-order valence-electron chi connectivity index (χ0n) is 10.4. The molecule has 1 aliphatic heterocycles. The third-order valence-electron chi connectivity index (χ3n) is 3.27. The predicted octanol–water partition coefficient (Wildman–Crippen LogP) is 3.90. The Balaban J connectivity index is 0.00000180. The van der Waals surface area contributed by atoms with Gasteiger partial charge in [-0.15, -0.1) is 23.7 Å². The fourth-order valence-corrected chi connectivity index (χ4v) is 5.15. The monoisotopic (exact) mass is 430 g/mol. The maximum Gasteiger partial charge on any atom is 0.255 e. The molecule has 0 bridgehead atoms. The number of halogens is 3. The molecule has 1 aromatic heterocycles. The fraction of sp³-hybridized carbons (Fsp3) is 0.583. The van der Waals surface area contributed by atoms with Crippen LogP contribution in [-0.2, 0) is 0 Å². The largest absolute Gasteiger partial charge is 0.338 e. The molecule has 0 aromatic carbocycles. The maximum atomic E-state index is 12.4. The highest BCUT2D eigenvalue weighted by atomic mass is 79.9. The second-order valence-electron chi connectivity index (χ2n) is 4.57. The molecule has 108 valence electrons. The first kappa shape index (κ1) is 17.4. The highest BCUT2D eigenvalue weighted by Gasteiger charge is 2.26. The molecule has 2 rings (SSSR count). The van der Waals surface area contributed by atoms with Crippen LogP contribution in [-0.4, -0.2) is 30.4 Å². The first-order valence-corrected chi connectivity index (χ1v) is 8.46. The molecule has 2 N–H and O–H groups in total. The van der Waals surface area contributed by atoms with E-state index < -0.39 is 0 Å². The molecule has 0 saturated carbocycles. The molecule has 2 heterocycles. The summed E-state index contributed by atoms with van der Waals surface area (Å²) >= 11 is 8.40. The summed E-state index contributed by atoms with van der Waals surface area (Å²) in [6.07, 6.45) is 3.28. The lowest BCUT2D eigenvalue weighted by molar-refractivity contribution is 0.0669. The van der Waals surface area contributed by atoms with E-state index in [1.165, 1.54) is 17.8 Å².